The van der Waals surface area contributed by atoms with Gasteiger partial charge in [-0.3, -0.25) is 15.1 Å². The molecule has 0 aliphatic carbocycles. The molecule has 0 amide bonds. The Hall–Kier alpha value is -3.66. The lowest BCUT2D eigenvalue weighted by Crippen LogP contribution is -2.02. The molecule has 0 fully saturated rings. The van der Waals surface area contributed by atoms with E-state index in [4.69, 9.17) is 11.0 Å². The van der Waals surface area contributed by atoms with Crippen LogP contribution in [-0.4, -0.2) is 39.2 Å². The number of aromatic amines is 1. The van der Waals surface area contributed by atoms with Gasteiger partial charge in [-0.25, -0.2) is 0 Å². The van der Waals surface area contributed by atoms with Crippen LogP contribution in [-0.2, 0) is 0 Å². The third kappa shape index (κ3) is 5.18. The van der Waals surface area contributed by atoms with Crippen molar-refractivity contribution >= 4 is 11.4 Å². The first-order valence-corrected chi connectivity index (χ1v) is 7.49. The molecule has 0 aromatic carbocycles. The van der Waals surface area contributed by atoms with E-state index in [1.807, 2.05) is 43.3 Å². The zero-order valence-corrected chi connectivity index (χ0v) is 14.1. The summed E-state index contributed by atoms with van der Waals surface area (Å²) in [6, 6.07) is 9.56. The zero-order chi connectivity index (χ0) is 18.1. The number of nitriles is 1. The molecule has 0 unspecified atom stereocenters. The summed E-state index contributed by atoms with van der Waals surface area (Å²) in [4.78, 5) is 9.65. The highest BCUT2D eigenvalue weighted by Crippen LogP contribution is 2.21. The van der Waals surface area contributed by atoms with Crippen LogP contribution in [0.25, 0.3) is 16.7 Å². The molecular weight excluding hydrogens is 314 g/mol. The fraction of sp³-hybridized carbons (Fsp3) is 0.111. The topological polar surface area (TPSA) is 108 Å². The van der Waals surface area contributed by atoms with Crippen molar-refractivity contribution in [1.29, 1.82) is 5.26 Å². The van der Waals surface area contributed by atoms with E-state index in [9.17, 15) is 0 Å². The number of rotatable bonds is 3. The number of aromatic nitrogens is 4. The zero-order valence-electron chi connectivity index (χ0n) is 14.1. The molecule has 7 heteroatoms. The highest BCUT2D eigenvalue weighted by Gasteiger charge is 2.02. The van der Waals surface area contributed by atoms with Crippen molar-refractivity contribution in [3.8, 4) is 17.2 Å². The minimum atomic E-state index is 0.584. The Balaban J connectivity index is 0.000000181. The Morgan fingerprint density at radius 2 is 1.72 bits per heavy atom. The molecule has 0 spiro atoms. The molecule has 3 heterocycles. The van der Waals surface area contributed by atoms with Crippen LogP contribution < -0.4 is 5.73 Å². The Morgan fingerprint density at radius 3 is 2.20 bits per heavy atom. The van der Waals surface area contributed by atoms with Gasteiger partial charge in [0.1, 0.15) is 11.9 Å². The number of anilines is 1. The molecule has 25 heavy (non-hydrogen) atoms. The molecule has 0 bridgehead atoms. The lowest BCUT2D eigenvalue weighted by molar-refractivity contribution is 0.566. The first kappa shape index (κ1) is 17.7. The number of nitrogen functional groups attached to an aromatic ring is 1. The second kappa shape index (κ2) is 8.84. The molecular formula is C18H19N7. The number of nitrogens with two attached hydrogens (primary N) is 1. The highest BCUT2D eigenvalue weighted by molar-refractivity contribution is 5.76. The van der Waals surface area contributed by atoms with E-state index >= 15 is 0 Å². The van der Waals surface area contributed by atoms with Crippen LogP contribution in [0.4, 0.5) is 5.82 Å². The summed E-state index contributed by atoms with van der Waals surface area (Å²) in [7, 11) is 3.77. The smallest absolute Gasteiger partial charge is 0.126 e. The third-order valence-corrected chi connectivity index (χ3v) is 3.16. The van der Waals surface area contributed by atoms with Gasteiger partial charge in [-0.1, -0.05) is 0 Å². The second-order valence-electron chi connectivity index (χ2n) is 5.29. The standard InChI is InChI=1S/C10H11N3.C8H8N4/c1-13(2)8-10(7-11)9-3-5-12-6-4-9;9-8-7(5-11-12-8)6-1-3-10-4-2-6/h3-6,8H,1-2H3;1-5H,(H3,9,11,12)/b10-8+;. The fourth-order valence-electron chi connectivity index (χ4n) is 2.02. The molecule has 7 nitrogen and oxygen atoms in total. The maximum atomic E-state index is 8.86. The van der Waals surface area contributed by atoms with Crippen LogP contribution >= 0.6 is 0 Å². The van der Waals surface area contributed by atoms with E-state index < -0.39 is 0 Å². The van der Waals surface area contributed by atoms with Gasteiger partial charge in [0.25, 0.3) is 0 Å². The Bertz CT molecular complexity index is 846. The van der Waals surface area contributed by atoms with Gasteiger partial charge in [-0.2, -0.15) is 10.4 Å². The monoisotopic (exact) mass is 333 g/mol. The molecule has 3 N–H and O–H groups in total. The molecule has 0 saturated heterocycles. The summed E-state index contributed by atoms with van der Waals surface area (Å²) >= 11 is 0. The minimum Gasteiger partial charge on any atom is -0.384 e. The molecule has 3 aromatic rings. The van der Waals surface area contributed by atoms with Crippen LogP contribution in [0.3, 0.4) is 0 Å². The molecule has 0 saturated carbocycles. The van der Waals surface area contributed by atoms with Crippen LogP contribution in [0.5, 0.6) is 0 Å². The van der Waals surface area contributed by atoms with E-state index in [1.54, 1.807) is 37.2 Å². The first-order chi connectivity index (χ1) is 12.1. The van der Waals surface area contributed by atoms with Crippen molar-refractivity contribution in [2.45, 2.75) is 0 Å². The van der Waals surface area contributed by atoms with Crippen molar-refractivity contribution in [1.82, 2.24) is 25.1 Å². The summed E-state index contributed by atoms with van der Waals surface area (Å²) < 4.78 is 0. The molecule has 0 aliphatic rings. The van der Waals surface area contributed by atoms with Gasteiger partial charge < -0.3 is 10.6 Å². The molecule has 3 aromatic heterocycles. The molecule has 0 atom stereocenters. The Labute approximate surface area is 146 Å². The third-order valence-electron chi connectivity index (χ3n) is 3.16. The predicted octanol–water partition coefficient (Wildman–Crippen LogP) is 2.56. The Morgan fingerprint density at radius 1 is 1.12 bits per heavy atom. The van der Waals surface area contributed by atoms with Crippen molar-refractivity contribution in [3.63, 3.8) is 0 Å². The van der Waals surface area contributed by atoms with E-state index in [0.717, 1.165) is 16.7 Å². The summed E-state index contributed by atoms with van der Waals surface area (Å²) in [5, 5.41) is 15.4. The van der Waals surface area contributed by atoms with Crippen molar-refractivity contribution in [2.75, 3.05) is 19.8 Å². The minimum absolute atomic E-state index is 0.584. The van der Waals surface area contributed by atoms with Crippen LogP contribution in [0.2, 0.25) is 0 Å². The summed E-state index contributed by atoms with van der Waals surface area (Å²) in [6.07, 6.45) is 10.3. The largest absolute Gasteiger partial charge is 0.384 e. The van der Waals surface area contributed by atoms with E-state index in [1.165, 1.54) is 0 Å². The average molecular weight is 333 g/mol. The Kier molecular flexibility index (Phi) is 6.25. The van der Waals surface area contributed by atoms with E-state index in [2.05, 4.69) is 26.2 Å². The lowest BCUT2D eigenvalue weighted by atomic mass is 10.1. The number of nitrogens with zero attached hydrogens (tertiary/aromatic N) is 5. The van der Waals surface area contributed by atoms with Gasteiger partial charge in [0.05, 0.1) is 11.8 Å². The van der Waals surface area contributed by atoms with Crippen molar-refractivity contribution < 1.29 is 0 Å². The molecule has 126 valence electrons. The molecule has 0 radical (unpaired) electrons. The van der Waals surface area contributed by atoms with Crippen molar-refractivity contribution in [2.24, 2.45) is 0 Å². The number of pyridine rings is 2. The maximum Gasteiger partial charge on any atom is 0.126 e. The predicted molar refractivity (Wildman–Crippen MR) is 97.7 cm³/mol. The lowest BCUT2D eigenvalue weighted by Gasteiger charge is -2.05. The molecule has 0 aliphatic heterocycles. The quantitative estimate of drug-likeness (QED) is 0.713. The number of H-pyrrole nitrogens is 1. The van der Waals surface area contributed by atoms with Gasteiger partial charge in [0.15, 0.2) is 0 Å². The van der Waals surface area contributed by atoms with Gasteiger partial charge in [-0.05, 0) is 35.4 Å². The summed E-state index contributed by atoms with van der Waals surface area (Å²) in [5.74, 6) is 0.584. The number of nitrogens with one attached hydrogen (secondary N) is 1. The second-order valence-corrected chi connectivity index (χ2v) is 5.29. The summed E-state index contributed by atoms with van der Waals surface area (Å²) in [6.45, 7) is 0. The van der Waals surface area contributed by atoms with E-state index in [-0.39, 0.29) is 0 Å². The van der Waals surface area contributed by atoms with E-state index in [0.29, 0.717) is 11.4 Å². The first-order valence-electron chi connectivity index (χ1n) is 7.49. The van der Waals surface area contributed by atoms with Gasteiger partial charge in [0.2, 0.25) is 0 Å². The number of allylic oxidation sites excluding steroid dienone is 1. The van der Waals surface area contributed by atoms with Crippen molar-refractivity contribution in [3.05, 3.63) is 67.0 Å². The number of hydrogen-bond acceptors (Lipinski definition) is 6. The number of hydrogen-bond donors (Lipinski definition) is 2. The SMILES string of the molecule is CN(C)/C=C(\C#N)c1ccncc1.Nc1[nH]ncc1-c1ccncc1. The normalized spacial score (nSPS) is 10.4. The summed E-state index contributed by atoms with van der Waals surface area (Å²) in [5.41, 5.74) is 9.11. The van der Waals surface area contributed by atoms with Crippen LogP contribution in [0, 0.1) is 11.3 Å². The van der Waals surface area contributed by atoms with Crippen LogP contribution in [0.1, 0.15) is 5.56 Å². The molecule has 3 rings (SSSR count). The van der Waals surface area contributed by atoms with Crippen LogP contribution in [0.15, 0.2) is 61.4 Å². The average Bonchev–Trinajstić information content (AvgIpc) is 3.07. The van der Waals surface area contributed by atoms with Gasteiger partial charge in [-0.15, -0.1) is 0 Å². The highest BCUT2D eigenvalue weighted by atomic mass is 15.1. The van der Waals surface area contributed by atoms with Gasteiger partial charge >= 0.3 is 0 Å². The van der Waals surface area contributed by atoms with Gasteiger partial charge in [0, 0.05) is 50.6 Å². The maximum absolute atomic E-state index is 8.86. The fourth-order valence-corrected chi connectivity index (χ4v) is 2.02.